The van der Waals surface area contributed by atoms with Crippen LogP contribution in [0.15, 0.2) is 15.6 Å². The van der Waals surface area contributed by atoms with Crippen LogP contribution < -0.4 is 10.6 Å². The lowest BCUT2D eigenvalue weighted by atomic mass is 9.94. The number of oxazole rings is 1. The first kappa shape index (κ1) is 22.6. The summed E-state index contributed by atoms with van der Waals surface area (Å²) in [5.74, 6) is 3.63. The van der Waals surface area contributed by atoms with E-state index < -0.39 is 0 Å². The van der Waals surface area contributed by atoms with Crippen LogP contribution in [0.4, 0.5) is 0 Å². The summed E-state index contributed by atoms with van der Waals surface area (Å²) in [4.78, 5) is 9.00. The largest absolute Gasteiger partial charge is 0.443 e. The van der Waals surface area contributed by atoms with E-state index in [9.17, 15) is 0 Å². The van der Waals surface area contributed by atoms with Gasteiger partial charge in [-0.1, -0.05) is 27.7 Å². The molecular formula is C18H33IN4OS. The average Bonchev–Trinajstić information content (AvgIpc) is 3.14. The molecule has 2 rings (SSSR count). The Bertz CT molecular complexity index is 541. The molecule has 0 radical (unpaired) electrons. The van der Waals surface area contributed by atoms with Crippen molar-refractivity contribution in [3.8, 4) is 0 Å². The Morgan fingerprint density at radius 2 is 2.12 bits per heavy atom. The number of guanidine groups is 1. The molecule has 1 aromatic rings. The molecule has 0 saturated heterocycles. The number of nitrogens with zero attached hydrogens (tertiary/aromatic N) is 2. The van der Waals surface area contributed by atoms with Gasteiger partial charge in [0.05, 0.1) is 6.20 Å². The van der Waals surface area contributed by atoms with Gasteiger partial charge in [0.1, 0.15) is 12.3 Å². The highest BCUT2D eigenvalue weighted by Gasteiger charge is 2.25. The first-order valence-electron chi connectivity index (χ1n) is 9.04. The molecule has 1 aromatic heterocycles. The summed E-state index contributed by atoms with van der Waals surface area (Å²) >= 11 is 2.07. The van der Waals surface area contributed by atoms with Crippen LogP contribution in [0.3, 0.4) is 0 Å². The topological polar surface area (TPSA) is 62.5 Å². The molecule has 5 nitrogen and oxygen atoms in total. The van der Waals surface area contributed by atoms with Crippen LogP contribution in [0.2, 0.25) is 0 Å². The van der Waals surface area contributed by atoms with Crippen molar-refractivity contribution < 1.29 is 4.42 Å². The van der Waals surface area contributed by atoms with E-state index in [1.165, 1.54) is 25.0 Å². The van der Waals surface area contributed by atoms with Crippen molar-refractivity contribution in [1.82, 2.24) is 15.6 Å². The van der Waals surface area contributed by atoms with Crippen molar-refractivity contribution in [2.75, 3.05) is 12.3 Å². The molecule has 1 aliphatic rings. The summed E-state index contributed by atoms with van der Waals surface area (Å²) in [5, 5.41) is 7.68. The van der Waals surface area contributed by atoms with Gasteiger partial charge in [-0.15, -0.1) is 24.0 Å². The van der Waals surface area contributed by atoms with Gasteiger partial charge < -0.3 is 15.1 Å². The number of aromatic nitrogens is 1. The fourth-order valence-corrected chi connectivity index (χ4v) is 3.99. The Morgan fingerprint density at radius 3 is 2.72 bits per heavy atom. The molecular weight excluding hydrogens is 447 g/mol. The molecule has 0 aromatic carbocycles. The van der Waals surface area contributed by atoms with Crippen LogP contribution in [0.5, 0.6) is 0 Å². The fourth-order valence-electron chi connectivity index (χ4n) is 2.85. The summed E-state index contributed by atoms with van der Waals surface area (Å²) in [7, 11) is 0. The van der Waals surface area contributed by atoms with Crippen molar-refractivity contribution in [1.29, 1.82) is 0 Å². The van der Waals surface area contributed by atoms with Gasteiger partial charge in [-0.05, 0) is 31.9 Å². The molecule has 144 valence electrons. The number of aliphatic imine (C=N–C) groups is 1. The number of thioether (sulfide) groups is 1. The van der Waals surface area contributed by atoms with E-state index in [1.54, 1.807) is 0 Å². The van der Waals surface area contributed by atoms with Gasteiger partial charge in [0.2, 0.25) is 5.89 Å². The van der Waals surface area contributed by atoms with Crippen molar-refractivity contribution in [3.63, 3.8) is 0 Å². The zero-order valence-corrected chi connectivity index (χ0v) is 19.2. The van der Waals surface area contributed by atoms with Crippen LogP contribution in [0.1, 0.15) is 65.5 Å². The molecule has 0 aliphatic heterocycles. The second-order valence-electron chi connectivity index (χ2n) is 7.30. The van der Waals surface area contributed by atoms with Crippen molar-refractivity contribution >= 4 is 41.7 Å². The predicted molar refractivity (Wildman–Crippen MR) is 118 cm³/mol. The molecule has 0 spiro atoms. The number of hydrogen-bond donors (Lipinski definition) is 2. The quantitative estimate of drug-likeness (QED) is 0.361. The zero-order valence-electron chi connectivity index (χ0n) is 16.1. The maximum atomic E-state index is 5.82. The van der Waals surface area contributed by atoms with Gasteiger partial charge in [-0.2, -0.15) is 11.8 Å². The van der Waals surface area contributed by atoms with Crippen LogP contribution in [-0.4, -0.2) is 34.5 Å². The van der Waals surface area contributed by atoms with Gasteiger partial charge >= 0.3 is 0 Å². The van der Waals surface area contributed by atoms with Gasteiger partial charge in [-0.25, -0.2) is 9.98 Å². The van der Waals surface area contributed by atoms with Gasteiger partial charge in [0.15, 0.2) is 5.96 Å². The Balaban J connectivity index is 0.00000312. The number of halogens is 1. The predicted octanol–water partition coefficient (Wildman–Crippen LogP) is 4.32. The van der Waals surface area contributed by atoms with Crippen molar-refractivity contribution in [2.45, 2.75) is 77.1 Å². The molecule has 0 amide bonds. The fraction of sp³-hybridized carbons (Fsp3) is 0.778. The van der Waals surface area contributed by atoms with Gasteiger partial charge in [0.25, 0.3) is 0 Å². The van der Waals surface area contributed by atoms with E-state index >= 15 is 0 Å². The third-order valence-electron chi connectivity index (χ3n) is 4.14. The van der Waals surface area contributed by atoms with Crippen LogP contribution in [0.25, 0.3) is 0 Å². The molecule has 1 heterocycles. The summed E-state index contributed by atoms with van der Waals surface area (Å²) < 4.78 is 5.82. The molecule has 1 aliphatic carbocycles. The normalized spacial score (nSPS) is 21.1. The second kappa shape index (κ2) is 10.6. The summed E-state index contributed by atoms with van der Waals surface area (Å²) in [6, 6.07) is 0.515. The smallest absolute Gasteiger partial charge is 0.216 e. The molecule has 7 heteroatoms. The van der Waals surface area contributed by atoms with Crippen molar-refractivity contribution in [2.24, 2.45) is 4.99 Å². The molecule has 25 heavy (non-hydrogen) atoms. The second-order valence-corrected chi connectivity index (χ2v) is 8.87. The van der Waals surface area contributed by atoms with Crippen LogP contribution in [0, 0.1) is 0 Å². The van der Waals surface area contributed by atoms with Crippen molar-refractivity contribution in [3.05, 3.63) is 17.8 Å². The number of hydrogen-bond acceptors (Lipinski definition) is 4. The van der Waals surface area contributed by atoms with Crippen LogP contribution >= 0.6 is 35.7 Å². The number of nitrogens with one attached hydrogen (secondary N) is 2. The minimum absolute atomic E-state index is 0. The molecule has 1 saturated carbocycles. The molecule has 0 bridgehead atoms. The van der Waals surface area contributed by atoms with E-state index in [1.807, 2.05) is 6.20 Å². The monoisotopic (exact) mass is 480 g/mol. The Morgan fingerprint density at radius 1 is 1.36 bits per heavy atom. The lowest BCUT2D eigenvalue weighted by Crippen LogP contribution is -2.42. The number of rotatable bonds is 6. The maximum absolute atomic E-state index is 5.82. The summed E-state index contributed by atoms with van der Waals surface area (Å²) in [6.45, 7) is 12.0. The third-order valence-corrected chi connectivity index (χ3v) is 5.37. The molecule has 2 atom stereocenters. The van der Waals surface area contributed by atoms with E-state index in [0.717, 1.165) is 23.5 Å². The highest BCUT2D eigenvalue weighted by Crippen LogP contribution is 2.29. The minimum Gasteiger partial charge on any atom is -0.443 e. The highest BCUT2D eigenvalue weighted by atomic mass is 127. The van der Waals surface area contributed by atoms with E-state index in [4.69, 9.17) is 4.42 Å². The maximum Gasteiger partial charge on any atom is 0.216 e. The Hall–Kier alpha value is -0.440. The summed E-state index contributed by atoms with van der Waals surface area (Å²) in [5.41, 5.74) is -0.0203. The lowest BCUT2D eigenvalue weighted by molar-refractivity contribution is 0.383. The molecule has 2 N–H and O–H groups in total. The van der Waals surface area contributed by atoms with E-state index in [2.05, 4.69) is 67.0 Å². The Kier molecular flexibility index (Phi) is 9.62. The highest BCUT2D eigenvalue weighted by molar-refractivity contribution is 14.0. The van der Waals surface area contributed by atoms with Gasteiger partial charge in [-0.3, -0.25) is 0 Å². The Labute approximate surface area is 173 Å². The lowest BCUT2D eigenvalue weighted by Gasteiger charge is -2.17. The molecule has 2 unspecified atom stereocenters. The zero-order chi connectivity index (χ0) is 17.6. The van der Waals surface area contributed by atoms with E-state index in [0.29, 0.717) is 18.5 Å². The van der Waals surface area contributed by atoms with Crippen LogP contribution in [-0.2, 0) is 12.0 Å². The standard InChI is InChI=1S/C18H32N4OS.HI/c1-6-19-17(22-13-8-9-14(10-13)24-7-2)21-12-16-20-11-15(23-16)18(3,4)5;/h11,13-14H,6-10,12H2,1-5H3,(H2,19,21,22);1H. The van der Waals surface area contributed by atoms with Gasteiger partial charge in [0, 0.05) is 23.3 Å². The third kappa shape index (κ3) is 7.37. The summed E-state index contributed by atoms with van der Waals surface area (Å²) in [6.07, 6.45) is 5.55. The molecule has 1 fully saturated rings. The average molecular weight is 480 g/mol. The van der Waals surface area contributed by atoms with E-state index in [-0.39, 0.29) is 29.4 Å². The first-order valence-corrected chi connectivity index (χ1v) is 10.1. The minimum atomic E-state index is -0.0203. The SMILES string of the molecule is CCNC(=NCc1ncc(C(C)(C)C)o1)NC1CCC(SCC)C1.I. The first-order chi connectivity index (χ1) is 11.4.